The van der Waals surface area contributed by atoms with Crippen molar-refractivity contribution in [2.75, 3.05) is 5.73 Å². The van der Waals surface area contributed by atoms with Gasteiger partial charge in [-0.25, -0.2) is 15.0 Å². The monoisotopic (exact) mass is 302 g/mol. The van der Waals surface area contributed by atoms with E-state index in [0.29, 0.717) is 27.7 Å². The summed E-state index contributed by atoms with van der Waals surface area (Å²) in [6, 6.07) is 1.45. The van der Waals surface area contributed by atoms with Crippen LogP contribution >= 0.6 is 11.3 Å². The lowest BCUT2D eigenvalue weighted by Crippen LogP contribution is -2.17. The third kappa shape index (κ3) is 3.06. The van der Waals surface area contributed by atoms with Crippen molar-refractivity contribution in [1.29, 1.82) is 0 Å². The van der Waals surface area contributed by atoms with Crippen molar-refractivity contribution in [3.63, 3.8) is 0 Å². The van der Waals surface area contributed by atoms with Crippen LogP contribution in [0.2, 0.25) is 0 Å². The van der Waals surface area contributed by atoms with E-state index in [1.54, 1.807) is 0 Å². The molecule has 0 aromatic carbocycles. The minimum absolute atomic E-state index is 0.224. The Morgan fingerprint density at radius 2 is 1.80 bits per heavy atom. The van der Waals surface area contributed by atoms with Gasteiger partial charge in [0.05, 0.1) is 10.6 Å². The molecule has 8 heteroatoms. The van der Waals surface area contributed by atoms with Crippen LogP contribution in [0.5, 0.6) is 0 Å². The van der Waals surface area contributed by atoms with Gasteiger partial charge >= 0.3 is 6.18 Å². The van der Waals surface area contributed by atoms with Gasteiger partial charge in [0.15, 0.2) is 5.01 Å². The fraction of sp³-hybridized carbons (Fsp3) is 0.417. The van der Waals surface area contributed by atoms with E-state index in [9.17, 15) is 13.2 Å². The van der Waals surface area contributed by atoms with Crippen LogP contribution < -0.4 is 5.73 Å². The highest BCUT2D eigenvalue weighted by Crippen LogP contribution is 2.36. The molecule has 0 aliphatic carbocycles. The second-order valence-corrected chi connectivity index (χ2v) is 6.31. The van der Waals surface area contributed by atoms with Gasteiger partial charge in [-0.2, -0.15) is 13.2 Å². The quantitative estimate of drug-likeness (QED) is 0.875. The SMILES string of the molecule is CC(C)(C)c1nc(N)cc(-c2cnc(C(F)(F)F)s2)n1. The highest BCUT2D eigenvalue weighted by Gasteiger charge is 2.35. The topological polar surface area (TPSA) is 64.7 Å². The van der Waals surface area contributed by atoms with Crippen LogP contribution in [0.25, 0.3) is 10.6 Å². The zero-order valence-corrected chi connectivity index (χ0v) is 11.9. The Morgan fingerprint density at radius 3 is 2.30 bits per heavy atom. The highest BCUT2D eigenvalue weighted by atomic mass is 32.1. The summed E-state index contributed by atoms with van der Waals surface area (Å²) in [6.07, 6.45) is -3.30. The molecule has 0 unspecified atom stereocenters. The second kappa shape index (κ2) is 4.69. The molecule has 0 atom stereocenters. The number of nitrogen functional groups attached to an aromatic ring is 1. The van der Waals surface area contributed by atoms with Crippen molar-refractivity contribution < 1.29 is 13.2 Å². The molecule has 0 radical (unpaired) electrons. The van der Waals surface area contributed by atoms with Crippen LogP contribution in [0.4, 0.5) is 19.0 Å². The fourth-order valence-corrected chi connectivity index (χ4v) is 2.20. The maximum atomic E-state index is 12.6. The number of alkyl halides is 3. The third-order valence-corrected chi connectivity index (χ3v) is 3.48. The maximum absolute atomic E-state index is 12.6. The lowest BCUT2D eigenvalue weighted by molar-refractivity contribution is -0.137. The molecule has 0 amide bonds. The van der Waals surface area contributed by atoms with E-state index in [1.165, 1.54) is 6.07 Å². The van der Waals surface area contributed by atoms with Crippen LogP contribution in [-0.2, 0) is 11.6 Å². The molecule has 20 heavy (non-hydrogen) atoms. The Kier molecular flexibility index (Phi) is 3.45. The van der Waals surface area contributed by atoms with E-state index < -0.39 is 11.2 Å². The molecule has 2 aromatic rings. The van der Waals surface area contributed by atoms with E-state index in [4.69, 9.17) is 5.73 Å². The van der Waals surface area contributed by atoms with Gasteiger partial charge in [0.1, 0.15) is 11.6 Å². The zero-order valence-electron chi connectivity index (χ0n) is 11.1. The summed E-state index contributed by atoms with van der Waals surface area (Å²) in [5, 5.41) is -0.901. The van der Waals surface area contributed by atoms with Crippen molar-refractivity contribution >= 4 is 17.2 Å². The molecule has 0 spiro atoms. The van der Waals surface area contributed by atoms with Crippen molar-refractivity contribution in [2.24, 2.45) is 0 Å². The van der Waals surface area contributed by atoms with E-state index >= 15 is 0 Å². The number of nitrogens with two attached hydrogens (primary N) is 1. The lowest BCUT2D eigenvalue weighted by atomic mass is 9.95. The van der Waals surface area contributed by atoms with Gasteiger partial charge < -0.3 is 5.73 Å². The van der Waals surface area contributed by atoms with Crippen LogP contribution in [-0.4, -0.2) is 15.0 Å². The summed E-state index contributed by atoms with van der Waals surface area (Å²) in [4.78, 5) is 12.1. The predicted octanol–water partition coefficient (Wildman–Crippen LogP) is 3.50. The number of thiazole rings is 1. The largest absolute Gasteiger partial charge is 0.443 e. The van der Waals surface area contributed by atoms with Gasteiger partial charge in [-0.3, -0.25) is 0 Å². The average molecular weight is 302 g/mol. The molecule has 0 bridgehead atoms. The van der Waals surface area contributed by atoms with Gasteiger partial charge in [-0.15, -0.1) is 11.3 Å². The molecule has 108 valence electrons. The standard InChI is InChI=1S/C12H13F3N4S/c1-11(2,3)9-18-6(4-8(16)19-9)7-5-17-10(20-7)12(13,14)15/h4-5H,1-3H3,(H2,16,18,19). The molecule has 0 aliphatic heterocycles. The number of halogens is 3. The minimum Gasteiger partial charge on any atom is -0.384 e. The molecule has 2 rings (SSSR count). The summed E-state index contributed by atoms with van der Waals surface area (Å²) in [6.45, 7) is 5.71. The van der Waals surface area contributed by atoms with Crippen molar-refractivity contribution in [2.45, 2.75) is 32.4 Å². The molecule has 0 fully saturated rings. The van der Waals surface area contributed by atoms with Crippen molar-refractivity contribution in [3.05, 3.63) is 23.1 Å². The number of rotatable bonds is 1. The first kappa shape index (κ1) is 14.7. The Hall–Kier alpha value is -1.70. The first-order valence-electron chi connectivity index (χ1n) is 5.76. The zero-order chi connectivity index (χ0) is 15.1. The molecular formula is C12H13F3N4S. The van der Waals surface area contributed by atoms with E-state index in [0.717, 1.165) is 6.20 Å². The van der Waals surface area contributed by atoms with Crippen LogP contribution in [0, 0.1) is 0 Å². The Labute approximate surface area is 117 Å². The van der Waals surface area contributed by atoms with Crippen LogP contribution in [0.3, 0.4) is 0 Å². The Morgan fingerprint density at radius 1 is 1.15 bits per heavy atom. The number of hydrogen-bond donors (Lipinski definition) is 1. The summed E-state index contributed by atoms with van der Waals surface area (Å²) in [5.41, 5.74) is 5.71. The van der Waals surface area contributed by atoms with Gasteiger partial charge in [0.25, 0.3) is 0 Å². The second-order valence-electron chi connectivity index (χ2n) is 5.28. The van der Waals surface area contributed by atoms with Crippen molar-refractivity contribution in [1.82, 2.24) is 15.0 Å². The molecule has 4 nitrogen and oxygen atoms in total. The summed E-state index contributed by atoms with van der Waals surface area (Å²) in [5.74, 6) is 0.705. The summed E-state index contributed by atoms with van der Waals surface area (Å²) in [7, 11) is 0. The van der Waals surface area contributed by atoms with E-state index in [2.05, 4.69) is 15.0 Å². The van der Waals surface area contributed by atoms with Gasteiger partial charge in [0, 0.05) is 17.7 Å². The lowest BCUT2D eigenvalue weighted by Gasteiger charge is -2.17. The predicted molar refractivity (Wildman–Crippen MR) is 71.3 cm³/mol. The highest BCUT2D eigenvalue weighted by molar-refractivity contribution is 7.15. The van der Waals surface area contributed by atoms with E-state index in [1.807, 2.05) is 20.8 Å². The van der Waals surface area contributed by atoms with Gasteiger partial charge in [-0.05, 0) is 0 Å². The first-order chi connectivity index (χ1) is 9.07. The molecular weight excluding hydrogens is 289 g/mol. The Balaban J connectivity index is 2.48. The maximum Gasteiger partial charge on any atom is 0.443 e. The minimum atomic E-state index is -4.45. The van der Waals surface area contributed by atoms with E-state index in [-0.39, 0.29) is 11.2 Å². The van der Waals surface area contributed by atoms with Crippen LogP contribution in [0.1, 0.15) is 31.6 Å². The number of aromatic nitrogens is 3. The molecule has 2 aromatic heterocycles. The number of nitrogens with zero attached hydrogens (tertiary/aromatic N) is 3. The third-order valence-electron chi connectivity index (χ3n) is 2.42. The van der Waals surface area contributed by atoms with Gasteiger partial charge in [-0.1, -0.05) is 20.8 Å². The summed E-state index contributed by atoms with van der Waals surface area (Å²) < 4.78 is 37.7. The molecule has 2 N–H and O–H groups in total. The van der Waals surface area contributed by atoms with Gasteiger partial charge in [0.2, 0.25) is 0 Å². The number of anilines is 1. The van der Waals surface area contributed by atoms with Crippen molar-refractivity contribution in [3.8, 4) is 10.6 Å². The Bertz CT molecular complexity index is 628. The smallest absolute Gasteiger partial charge is 0.384 e. The number of hydrogen-bond acceptors (Lipinski definition) is 5. The van der Waals surface area contributed by atoms with Crippen LogP contribution in [0.15, 0.2) is 12.3 Å². The molecule has 0 saturated heterocycles. The molecule has 0 aliphatic rings. The normalized spacial score (nSPS) is 12.7. The first-order valence-corrected chi connectivity index (χ1v) is 6.57. The summed E-state index contributed by atoms with van der Waals surface area (Å²) >= 11 is 0.539. The molecule has 2 heterocycles. The molecule has 0 saturated carbocycles. The average Bonchev–Trinajstić information content (AvgIpc) is 2.75. The fourth-order valence-electron chi connectivity index (χ4n) is 1.45.